The number of carbonyl (C=O) groups excluding carboxylic acids is 1. The van der Waals surface area contributed by atoms with Crippen LogP contribution in [0.2, 0.25) is 0 Å². The zero-order valence-electron chi connectivity index (χ0n) is 20.5. The highest BCUT2D eigenvalue weighted by molar-refractivity contribution is 5.75. The van der Waals surface area contributed by atoms with E-state index in [0.29, 0.717) is 30.0 Å². The largest absolute Gasteiger partial charge is 0.493 e. The van der Waals surface area contributed by atoms with E-state index in [1.807, 2.05) is 45.0 Å². The average molecular weight is 458 g/mol. The van der Waals surface area contributed by atoms with Crippen molar-refractivity contribution in [1.82, 2.24) is 15.5 Å². The van der Waals surface area contributed by atoms with Crippen molar-refractivity contribution in [3.05, 3.63) is 58.9 Å². The van der Waals surface area contributed by atoms with Gasteiger partial charge in [-0.25, -0.2) is 9.18 Å². The fourth-order valence-corrected chi connectivity index (χ4v) is 4.47. The van der Waals surface area contributed by atoms with E-state index >= 15 is 0 Å². The Labute approximate surface area is 196 Å². The van der Waals surface area contributed by atoms with Gasteiger partial charge in [0.15, 0.2) is 11.5 Å². The number of halogens is 1. The smallest absolute Gasteiger partial charge is 0.315 e. The number of carbonyl (C=O) groups is 1. The van der Waals surface area contributed by atoms with E-state index in [1.54, 1.807) is 20.3 Å². The van der Waals surface area contributed by atoms with Gasteiger partial charge < -0.3 is 20.1 Å². The van der Waals surface area contributed by atoms with Crippen LogP contribution < -0.4 is 20.1 Å². The molecule has 2 amide bonds. The van der Waals surface area contributed by atoms with E-state index in [4.69, 9.17) is 9.47 Å². The topological polar surface area (TPSA) is 62.8 Å². The van der Waals surface area contributed by atoms with Crippen LogP contribution in [0.1, 0.15) is 56.8 Å². The molecule has 3 rings (SSSR count). The fraction of sp³-hybridized carbons (Fsp3) is 0.500. The summed E-state index contributed by atoms with van der Waals surface area (Å²) in [6, 6.07) is 10.3. The van der Waals surface area contributed by atoms with Gasteiger partial charge >= 0.3 is 6.03 Å². The Morgan fingerprint density at radius 2 is 1.85 bits per heavy atom. The van der Waals surface area contributed by atoms with Crippen LogP contribution in [0.4, 0.5) is 9.18 Å². The van der Waals surface area contributed by atoms with Crippen molar-refractivity contribution < 1.29 is 18.7 Å². The van der Waals surface area contributed by atoms with Gasteiger partial charge in [-0.1, -0.05) is 25.1 Å². The van der Waals surface area contributed by atoms with Crippen molar-refractivity contribution in [2.45, 2.75) is 64.7 Å². The Morgan fingerprint density at radius 1 is 1.18 bits per heavy atom. The molecule has 1 aliphatic heterocycles. The van der Waals surface area contributed by atoms with Gasteiger partial charge in [-0.15, -0.1) is 0 Å². The number of fused-ring (bicyclic) bond motifs is 1. The highest BCUT2D eigenvalue weighted by Gasteiger charge is 2.35. The third kappa shape index (κ3) is 5.96. The molecule has 7 heteroatoms. The first kappa shape index (κ1) is 24.8. The minimum absolute atomic E-state index is 0.149. The lowest BCUT2D eigenvalue weighted by Crippen LogP contribution is -2.54. The molecular formula is C26H36FN3O3. The highest BCUT2D eigenvalue weighted by Crippen LogP contribution is 2.40. The first-order valence-corrected chi connectivity index (χ1v) is 11.5. The number of methoxy groups -OCH3 is 2. The number of benzene rings is 2. The fourth-order valence-electron chi connectivity index (χ4n) is 4.47. The van der Waals surface area contributed by atoms with Gasteiger partial charge in [0.05, 0.1) is 26.3 Å². The van der Waals surface area contributed by atoms with E-state index in [9.17, 15) is 9.18 Å². The predicted octanol–water partition coefficient (Wildman–Crippen LogP) is 4.82. The second-order valence-corrected chi connectivity index (χ2v) is 9.53. The Balaban J connectivity index is 2.01. The molecule has 0 unspecified atom stereocenters. The van der Waals surface area contributed by atoms with Crippen LogP contribution >= 0.6 is 0 Å². The third-order valence-electron chi connectivity index (χ3n) is 5.98. The van der Waals surface area contributed by atoms with Crippen molar-refractivity contribution >= 4 is 6.03 Å². The van der Waals surface area contributed by atoms with Crippen molar-refractivity contribution in [3.63, 3.8) is 0 Å². The summed E-state index contributed by atoms with van der Waals surface area (Å²) >= 11 is 0. The van der Waals surface area contributed by atoms with Crippen LogP contribution in [0.3, 0.4) is 0 Å². The summed E-state index contributed by atoms with van der Waals surface area (Å²) in [7, 11) is 3.24. The van der Waals surface area contributed by atoms with Gasteiger partial charge in [-0.3, -0.25) is 4.90 Å². The predicted molar refractivity (Wildman–Crippen MR) is 128 cm³/mol. The minimum Gasteiger partial charge on any atom is -0.493 e. The molecule has 33 heavy (non-hydrogen) atoms. The van der Waals surface area contributed by atoms with E-state index < -0.39 is 0 Å². The van der Waals surface area contributed by atoms with Crippen LogP contribution in [-0.4, -0.2) is 43.3 Å². The summed E-state index contributed by atoms with van der Waals surface area (Å²) < 4.78 is 25.6. The molecule has 6 nitrogen and oxygen atoms in total. The van der Waals surface area contributed by atoms with Crippen molar-refractivity contribution in [2.75, 3.05) is 20.8 Å². The van der Waals surface area contributed by atoms with Crippen LogP contribution in [0.25, 0.3) is 0 Å². The summed E-state index contributed by atoms with van der Waals surface area (Å²) in [5, 5.41) is 6.16. The molecular weight excluding hydrogens is 421 g/mol. The van der Waals surface area contributed by atoms with E-state index in [2.05, 4.69) is 22.5 Å². The molecule has 2 N–H and O–H groups in total. The van der Waals surface area contributed by atoms with Gasteiger partial charge in [-0.05, 0) is 62.9 Å². The first-order chi connectivity index (χ1) is 15.7. The molecule has 0 saturated carbocycles. The summed E-state index contributed by atoms with van der Waals surface area (Å²) in [5.41, 5.74) is 2.51. The average Bonchev–Trinajstić information content (AvgIpc) is 2.77. The van der Waals surface area contributed by atoms with E-state index in [1.165, 1.54) is 6.07 Å². The Kier molecular flexibility index (Phi) is 7.84. The number of hydrogen-bond donors (Lipinski definition) is 2. The summed E-state index contributed by atoms with van der Waals surface area (Å²) in [4.78, 5) is 15.0. The Morgan fingerprint density at radius 3 is 2.45 bits per heavy atom. The molecule has 2 aromatic carbocycles. The number of hydrogen-bond acceptors (Lipinski definition) is 4. The summed E-state index contributed by atoms with van der Waals surface area (Å²) in [6.07, 6.45) is 1.51. The Bertz CT molecular complexity index is 974. The second kappa shape index (κ2) is 10.4. The quantitative estimate of drug-likeness (QED) is 0.626. The standard InChI is InChI=1S/C26H36FN3O3/c1-7-21(28-25(31)29-26(2,3)4)24-19-15-23(33-6)22(32-5)14-17(19)12-13-30(24)16-18-10-8-9-11-20(18)27/h8-11,14-15,21,24H,7,12-13,16H2,1-6H3,(H2,28,29,31)/t21-,24+/m0/s1. The molecule has 180 valence electrons. The maximum atomic E-state index is 14.5. The summed E-state index contributed by atoms with van der Waals surface area (Å²) in [6.45, 7) is 9.09. The SMILES string of the molecule is CC[C@H](NC(=O)NC(C)(C)C)[C@H]1c2cc(OC)c(OC)cc2CCN1Cc1ccccc1F. The number of nitrogens with one attached hydrogen (secondary N) is 2. The number of ether oxygens (including phenoxy) is 2. The lowest BCUT2D eigenvalue weighted by Gasteiger charge is -2.42. The molecule has 2 aromatic rings. The molecule has 0 aromatic heterocycles. The number of nitrogens with zero attached hydrogens (tertiary/aromatic N) is 1. The lowest BCUT2D eigenvalue weighted by molar-refractivity contribution is 0.133. The van der Waals surface area contributed by atoms with Gasteiger partial charge in [0.2, 0.25) is 0 Å². The van der Waals surface area contributed by atoms with E-state index in [-0.39, 0.29) is 29.5 Å². The van der Waals surface area contributed by atoms with Crippen molar-refractivity contribution in [3.8, 4) is 11.5 Å². The van der Waals surface area contributed by atoms with Gasteiger partial charge in [0.25, 0.3) is 0 Å². The van der Waals surface area contributed by atoms with Gasteiger partial charge in [0, 0.05) is 24.2 Å². The molecule has 0 bridgehead atoms. The second-order valence-electron chi connectivity index (χ2n) is 9.53. The minimum atomic E-state index is -0.351. The lowest BCUT2D eigenvalue weighted by atomic mass is 9.86. The Hall–Kier alpha value is -2.80. The number of rotatable bonds is 7. The molecule has 1 heterocycles. The first-order valence-electron chi connectivity index (χ1n) is 11.5. The molecule has 0 fully saturated rings. The zero-order chi connectivity index (χ0) is 24.2. The molecule has 0 aliphatic carbocycles. The molecule has 0 spiro atoms. The molecule has 2 atom stereocenters. The molecule has 0 radical (unpaired) electrons. The molecule has 1 aliphatic rings. The summed E-state index contributed by atoms with van der Waals surface area (Å²) in [5.74, 6) is 1.10. The van der Waals surface area contributed by atoms with Crippen LogP contribution in [0, 0.1) is 5.82 Å². The normalized spacial score (nSPS) is 17.1. The van der Waals surface area contributed by atoms with Crippen molar-refractivity contribution in [1.29, 1.82) is 0 Å². The molecule has 0 saturated heterocycles. The number of amides is 2. The van der Waals surface area contributed by atoms with E-state index in [0.717, 1.165) is 24.1 Å². The van der Waals surface area contributed by atoms with Crippen LogP contribution in [-0.2, 0) is 13.0 Å². The third-order valence-corrected chi connectivity index (χ3v) is 5.98. The highest BCUT2D eigenvalue weighted by atomic mass is 19.1. The number of urea groups is 1. The van der Waals surface area contributed by atoms with Crippen LogP contribution in [0.15, 0.2) is 36.4 Å². The van der Waals surface area contributed by atoms with Crippen molar-refractivity contribution in [2.24, 2.45) is 0 Å². The maximum Gasteiger partial charge on any atom is 0.315 e. The van der Waals surface area contributed by atoms with Gasteiger partial charge in [0.1, 0.15) is 5.82 Å². The zero-order valence-corrected chi connectivity index (χ0v) is 20.5. The van der Waals surface area contributed by atoms with Crippen LogP contribution in [0.5, 0.6) is 11.5 Å². The van der Waals surface area contributed by atoms with Gasteiger partial charge in [-0.2, -0.15) is 0 Å². The monoisotopic (exact) mass is 457 g/mol. The maximum absolute atomic E-state index is 14.5.